The summed E-state index contributed by atoms with van der Waals surface area (Å²) in [5, 5.41) is 8.98. The summed E-state index contributed by atoms with van der Waals surface area (Å²) in [5.74, 6) is -0.302. The molecule has 2 atom stereocenters. The lowest BCUT2D eigenvalue weighted by molar-refractivity contribution is -0.175. The predicted molar refractivity (Wildman–Crippen MR) is 36.7 cm³/mol. The number of aliphatic hydroxyl groups is 1. The van der Waals surface area contributed by atoms with Crippen molar-refractivity contribution in [1.82, 2.24) is 0 Å². The third kappa shape index (κ3) is 2.86. The highest BCUT2D eigenvalue weighted by Crippen LogP contribution is 2.14. The van der Waals surface area contributed by atoms with Gasteiger partial charge in [0, 0.05) is 19.8 Å². The number of hydrogen-bond acceptors (Lipinski definition) is 4. The Bertz CT molecular complexity index is 145. The fourth-order valence-corrected chi connectivity index (χ4v) is 1.09. The topological polar surface area (TPSA) is 55.8 Å². The van der Waals surface area contributed by atoms with Crippen molar-refractivity contribution in [3.63, 3.8) is 0 Å². The van der Waals surface area contributed by atoms with Crippen LogP contribution in [0.1, 0.15) is 19.8 Å². The first-order chi connectivity index (χ1) is 5.18. The van der Waals surface area contributed by atoms with Gasteiger partial charge >= 0.3 is 5.97 Å². The Morgan fingerprint density at radius 2 is 2.45 bits per heavy atom. The standard InChI is InChI=1S/C7H12O4/c1-5(8)11-6-2-3-10-7(9)4-6/h6-7,9H,2-4H2,1H3/t6?,7-/m1/s1. The molecule has 4 heteroatoms. The Morgan fingerprint density at radius 1 is 1.73 bits per heavy atom. The minimum Gasteiger partial charge on any atom is -0.462 e. The van der Waals surface area contributed by atoms with Crippen LogP contribution in [0.3, 0.4) is 0 Å². The van der Waals surface area contributed by atoms with E-state index in [0.717, 1.165) is 0 Å². The number of hydrogen-bond donors (Lipinski definition) is 1. The number of esters is 1. The molecular weight excluding hydrogens is 148 g/mol. The molecule has 0 aromatic carbocycles. The zero-order valence-corrected chi connectivity index (χ0v) is 6.45. The second kappa shape index (κ2) is 3.69. The molecule has 1 aliphatic rings. The molecule has 1 saturated heterocycles. The number of carbonyl (C=O) groups is 1. The SMILES string of the molecule is CC(=O)OC1CCO[C@@H](O)C1. The van der Waals surface area contributed by atoms with Crippen LogP contribution in [0.15, 0.2) is 0 Å². The molecule has 0 aliphatic carbocycles. The van der Waals surface area contributed by atoms with E-state index >= 15 is 0 Å². The van der Waals surface area contributed by atoms with Crippen molar-refractivity contribution >= 4 is 5.97 Å². The number of rotatable bonds is 1. The van der Waals surface area contributed by atoms with E-state index in [1.165, 1.54) is 6.92 Å². The molecule has 0 spiro atoms. The Labute approximate surface area is 65.1 Å². The molecule has 0 radical (unpaired) electrons. The molecule has 0 aromatic heterocycles. The quantitative estimate of drug-likeness (QED) is 0.550. The van der Waals surface area contributed by atoms with Gasteiger partial charge in [0.25, 0.3) is 0 Å². The van der Waals surface area contributed by atoms with Gasteiger partial charge in [-0.1, -0.05) is 0 Å². The predicted octanol–water partition coefficient (Wildman–Crippen LogP) is 0.0469. The molecule has 1 rings (SSSR count). The minimum atomic E-state index is -0.770. The van der Waals surface area contributed by atoms with Crippen LogP contribution in [-0.4, -0.2) is 30.1 Å². The van der Waals surface area contributed by atoms with Crippen LogP contribution in [-0.2, 0) is 14.3 Å². The van der Waals surface area contributed by atoms with Crippen LogP contribution in [0.4, 0.5) is 0 Å². The molecule has 1 fully saturated rings. The zero-order chi connectivity index (χ0) is 8.27. The van der Waals surface area contributed by atoms with Crippen LogP contribution >= 0.6 is 0 Å². The van der Waals surface area contributed by atoms with E-state index in [1.807, 2.05) is 0 Å². The molecule has 1 unspecified atom stereocenters. The van der Waals surface area contributed by atoms with E-state index in [0.29, 0.717) is 19.4 Å². The normalized spacial score (nSPS) is 31.5. The van der Waals surface area contributed by atoms with Gasteiger partial charge in [0.15, 0.2) is 6.29 Å². The molecule has 0 amide bonds. The van der Waals surface area contributed by atoms with E-state index < -0.39 is 6.29 Å². The summed E-state index contributed by atoms with van der Waals surface area (Å²) in [6, 6.07) is 0. The molecule has 0 saturated carbocycles. The molecule has 11 heavy (non-hydrogen) atoms. The molecule has 1 heterocycles. The van der Waals surface area contributed by atoms with E-state index in [-0.39, 0.29) is 12.1 Å². The first-order valence-corrected chi connectivity index (χ1v) is 3.65. The summed E-state index contributed by atoms with van der Waals surface area (Å²) in [6.07, 6.45) is 0.125. The summed E-state index contributed by atoms with van der Waals surface area (Å²) < 4.78 is 9.74. The van der Waals surface area contributed by atoms with Crippen molar-refractivity contribution in [3.05, 3.63) is 0 Å². The van der Waals surface area contributed by atoms with Gasteiger partial charge in [-0.3, -0.25) is 4.79 Å². The molecule has 1 aliphatic heterocycles. The number of aliphatic hydroxyl groups excluding tert-OH is 1. The highest BCUT2D eigenvalue weighted by atomic mass is 16.6. The lowest BCUT2D eigenvalue weighted by Crippen LogP contribution is -2.31. The van der Waals surface area contributed by atoms with Crippen molar-refractivity contribution in [2.45, 2.75) is 32.2 Å². The molecule has 1 N–H and O–H groups in total. The Balaban J connectivity index is 2.28. The molecular formula is C7H12O4. The number of ether oxygens (including phenoxy) is 2. The Kier molecular flexibility index (Phi) is 2.84. The van der Waals surface area contributed by atoms with Gasteiger partial charge in [-0.15, -0.1) is 0 Å². The van der Waals surface area contributed by atoms with Gasteiger partial charge < -0.3 is 14.6 Å². The number of carbonyl (C=O) groups excluding carboxylic acids is 1. The van der Waals surface area contributed by atoms with Crippen LogP contribution in [0.5, 0.6) is 0 Å². The summed E-state index contributed by atoms with van der Waals surface area (Å²) in [7, 11) is 0. The summed E-state index contributed by atoms with van der Waals surface area (Å²) in [4.78, 5) is 10.5. The Hall–Kier alpha value is -0.610. The lowest BCUT2D eigenvalue weighted by Gasteiger charge is -2.25. The van der Waals surface area contributed by atoms with Crippen LogP contribution in [0.2, 0.25) is 0 Å². The Morgan fingerprint density at radius 3 is 3.00 bits per heavy atom. The third-order valence-corrected chi connectivity index (χ3v) is 1.55. The first-order valence-electron chi connectivity index (χ1n) is 3.65. The summed E-state index contributed by atoms with van der Waals surface area (Å²) in [6.45, 7) is 1.82. The molecule has 0 bridgehead atoms. The lowest BCUT2D eigenvalue weighted by atomic mass is 10.1. The monoisotopic (exact) mass is 160 g/mol. The maximum absolute atomic E-state index is 10.5. The third-order valence-electron chi connectivity index (χ3n) is 1.55. The van der Waals surface area contributed by atoms with Crippen molar-refractivity contribution in [2.75, 3.05) is 6.61 Å². The van der Waals surface area contributed by atoms with E-state index in [1.54, 1.807) is 0 Å². The van der Waals surface area contributed by atoms with Gasteiger partial charge in [0.2, 0.25) is 0 Å². The van der Waals surface area contributed by atoms with E-state index in [2.05, 4.69) is 0 Å². The highest BCUT2D eigenvalue weighted by molar-refractivity contribution is 5.66. The van der Waals surface area contributed by atoms with Gasteiger partial charge in [-0.05, 0) is 0 Å². The van der Waals surface area contributed by atoms with Gasteiger partial charge in [0.1, 0.15) is 6.10 Å². The van der Waals surface area contributed by atoms with Crippen molar-refractivity contribution in [2.24, 2.45) is 0 Å². The summed E-state index contributed by atoms with van der Waals surface area (Å²) >= 11 is 0. The smallest absolute Gasteiger partial charge is 0.302 e. The first kappa shape index (κ1) is 8.49. The average molecular weight is 160 g/mol. The largest absolute Gasteiger partial charge is 0.462 e. The maximum Gasteiger partial charge on any atom is 0.302 e. The fraction of sp³-hybridized carbons (Fsp3) is 0.857. The molecule has 0 aromatic rings. The van der Waals surface area contributed by atoms with Crippen LogP contribution < -0.4 is 0 Å². The molecule has 64 valence electrons. The van der Waals surface area contributed by atoms with Gasteiger partial charge in [-0.2, -0.15) is 0 Å². The average Bonchev–Trinajstić information content (AvgIpc) is 1.85. The highest BCUT2D eigenvalue weighted by Gasteiger charge is 2.22. The van der Waals surface area contributed by atoms with Crippen LogP contribution in [0, 0.1) is 0 Å². The van der Waals surface area contributed by atoms with Gasteiger partial charge in [-0.25, -0.2) is 0 Å². The van der Waals surface area contributed by atoms with Crippen molar-refractivity contribution in [1.29, 1.82) is 0 Å². The van der Waals surface area contributed by atoms with E-state index in [4.69, 9.17) is 14.6 Å². The van der Waals surface area contributed by atoms with Gasteiger partial charge in [0.05, 0.1) is 6.61 Å². The van der Waals surface area contributed by atoms with Crippen molar-refractivity contribution in [3.8, 4) is 0 Å². The maximum atomic E-state index is 10.5. The zero-order valence-electron chi connectivity index (χ0n) is 6.45. The fourth-order valence-electron chi connectivity index (χ4n) is 1.09. The molecule has 4 nitrogen and oxygen atoms in total. The summed E-state index contributed by atoms with van der Waals surface area (Å²) in [5.41, 5.74) is 0. The second-order valence-electron chi connectivity index (χ2n) is 2.58. The second-order valence-corrected chi connectivity index (χ2v) is 2.58. The van der Waals surface area contributed by atoms with E-state index in [9.17, 15) is 4.79 Å². The van der Waals surface area contributed by atoms with Crippen LogP contribution in [0.25, 0.3) is 0 Å². The minimum absolute atomic E-state index is 0.170. The van der Waals surface area contributed by atoms with Crippen molar-refractivity contribution < 1.29 is 19.4 Å².